The lowest BCUT2D eigenvalue weighted by Gasteiger charge is -2.41. The molecule has 0 amide bonds. The maximum Gasteiger partial charge on any atom is 0.266 e. The molecule has 0 aromatic heterocycles. The summed E-state index contributed by atoms with van der Waals surface area (Å²) in [5.74, 6) is 3.73. The molecule has 1 aliphatic heterocycles. The van der Waals surface area contributed by atoms with Crippen LogP contribution in [0.4, 0.5) is 8.78 Å². The molecule has 3 aliphatic rings. The Bertz CT molecular complexity index is 477. The van der Waals surface area contributed by atoms with Crippen molar-refractivity contribution in [1.29, 1.82) is 0 Å². The second-order valence-corrected chi connectivity index (χ2v) is 8.85. The Hall–Kier alpha value is -0.740. The Labute approximate surface area is 163 Å². The summed E-state index contributed by atoms with van der Waals surface area (Å²) in [6, 6.07) is 0. The Morgan fingerprint density at radius 1 is 0.815 bits per heavy atom. The first-order valence-corrected chi connectivity index (χ1v) is 11.0. The minimum absolute atomic E-state index is 0.144. The molecule has 0 N–H and O–H groups in total. The summed E-state index contributed by atoms with van der Waals surface area (Å²) in [6.07, 6.45) is 15.3. The van der Waals surface area contributed by atoms with E-state index in [1.54, 1.807) is 0 Å². The van der Waals surface area contributed by atoms with Crippen molar-refractivity contribution in [3.8, 4) is 0 Å². The van der Waals surface area contributed by atoms with Crippen LogP contribution in [0.2, 0.25) is 0 Å². The van der Waals surface area contributed by atoms with Crippen molar-refractivity contribution >= 4 is 0 Å². The van der Waals surface area contributed by atoms with Gasteiger partial charge in [-0.2, -0.15) is 8.78 Å². The van der Waals surface area contributed by atoms with E-state index in [-0.39, 0.29) is 6.29 Å². The SMILES string of the molecule is CC=CC1OCC(C2CCC(C3CCC(CCC=C(F)F)CC3)CC2)CO1. The third-order valence-electron chi connectivity index (χ3n) is 7.21. The molecule has 3 rings (SSSR count). The molecular formula is C23H36F2O2. The average molecular weight is 383 g/mol. The second kappa shape index (κ2) is 10.7. The molecule has 1 heterocycles. The highest BCUT2D eigenvalue weighted by atomic mass is 19.3. The maximum absolute atomic E-state index is 12.2. The van der Waals surface area contributed by atoms with E-state index in [1.807, 2.05) is 19.1 Å². The van der Waals surface area contributed by atoms with Gasteiger partial charge in [0, 0.05) is 5.92 Å². The van der Waals surface area contributed by atoms with Crippen LogP contribution in [-0.2, 0) is 9.47 Å². The summed E-state index contributed by atoms with van der Waals surface area (Å²) in [7, 11) is 0. The lowest BCUT2D eigenvalue weighted by Crippen LogP contribution is -2.37. The van der Waals surface area contributed by atoms with Crippen LogP contribution >= 0.6 is 0 Å². The van der Waals surface area contributed by atoms with Crippen LogP contribution in [0, 0.1) is 29.6 Å². The van der Waals surface area contributed by atoms with Gasteiger partial charge < -0.3 is 9.47 Å². The van der Waals surface area contributed by atoms with Crippen LogP contribution in [0.15, 0.2) is 24.3 Å². The minimum Gasteiger partial charge on any atom is -0.349 e. The smallest absolute Gasteiger partial charge is 0.266 e. The van der Waals surface area contributed by atoms with Crippen molar-refractivity contribution in [3.05, 3.63) is 24.3 Å². The van der Waals surface area contributed by atoms with Crippen LogP contribution in [0.5, 0.6) is 0 Å². The molecular weight excluding hydrogens is 346 g/mol. The zero-order valence-corrected chi connectivity index (χ0v) is 16.8. The van der Waals surface area contributed by atoms with E-state index < -0.39 is 6.08 Å². The van der Waals surface area contributed by atoms with Crippen molar-refractivity contribution in [2.45, 2.75) is 77.4 Å². The fraction of sp³-hybridized carbons (Fsp3) is 0.826. The molecule has 1 saturated heterocycles. The van der Waals surface area contributed by atoms with E-state index in [9.17, 15) is 8.78 Å². The summed E-state index contributed by atoms with van der Waals surface area (Å²) < 4.78 is 36.0. The fourth-order valence-corrected chi connectivity index (χ4v) is 5.54. The Kier molecular flexibility index (Phi) is 8.32. The minimum atomic E-state index is -1.52. The van der Waals surface area contributed by atoms with E-state index >= 15 is 0 Å². The first-order chi connectivity index (χ1) is 13.2. The molecule has 0 spiro atoms. The van der Waals surface area contributed by atoms with Crippen molar-refractivity contribution in [2.75, 3.05) is 13.2 Å². The van der Waals surface area contributed by atoms with Crippen LogP contribution in [-0.4, -0.2) is 19.5 Å². The molecule has 0 radical (unpaired) electrons. The molecule has 154 valence electrons. The van der Waals surface area contributed by atoms with Crippen molar-refractivity contribution in [3.63, 3.8) is 0 Å². The average Bonchev–Trinajstić information content (AvgIpc) is 2.69. The van der Waals surface area contributed by atoms with Gasteiger partial charge in [-0.15, -0.1) is 0 Å². The quantitative estimate of drug-likeness (QED) is 0.474. The molecule has 3 fully saturated rings. The summed E-state index contributed by atoms with van der Waals surface area (Å²) in [6.45, 7) is 3.67. The van der Waals surface area contributed by atoms with Crippen LogP contribution in [0.25, 0.3) is 0 Å². The first kappa shape index (κ1) is 21.0. The van der Waals surface area contributed by atoms with Gasteiger partial charge in [0.25, 0.3) is 6.08 Å². The Morgan fingerprint density at radius 3 is 1.85 bits per heavy atom. The van der Waals surface area contributed by atoms with Crippen LogP contribution < -0.4 is 0 Å². The van der Waals surface area contributed by atoms with Crippen molar-refractivity contribution in [2.24, 2.45) is 29.6 Å². The highest BCUT2D eigenvalue weighted by molar-refractivity contribution is 4.88. The molecule has 0 atom stereocenters. The van der Waals surface area contributed by atoms with Gasteiger partial charge >= 0.3 is 0 Å². The van der Waals surface area contributed by atoms with E-state index in [4.69, 9.17) is 9.47 Å². The van der Waals surface area contributed by atoms with Gasteiger partial charge in [-0.25, -0.2) is 0 Å². The van der Waals surface area contributed by atoms with Gasteiger partial charge in [-0.3, -0.25) is 0 Å². The zero-order valence-electron chi connectivity index (χ0n) is 16.8. The van der Waals surface area contributed by atoms with E-state index in [2.05, 4.69) is 0 Å². The number of hydrogen-bond acceptors (Lipinski definition) is 2. The third-order valence-corrected chi connectivity index (χ3v) is 7.21. The van der Waals surface area contributed by atoms with E-state index in [0.29, 0.717) is 18.3 Å². The van der Waals surface area contributed by atoms with Gasteiger partial charge in [0.1, 0.15) is 0 Å². The number of allylic oxidation sites excluding steroid dienone is 2. The van der Waals surface area contributed by atoms with Gasteiger partial charge in [0.15, 0.2) is 6.29 Å². The van der Waals surface area contributed by atoms with Gasteiger partial charge in [-0.1, -0.05) is 18.9 Å². The van der Waals surface area contributed by atoms with Gasteiger partial charge in [0.05, 0.1) is 13.2 Å². The summed E-state index contributed by atoms with van der Waals surface area (Å²) in [5, 5.41) is 0. The summed E-state index contributed by atoms with van der Waals surface area (Å²) >= 11 is 0. The van der Waals surface area contributed by atoms with Crippen molar-refractivity contribution < 1.29 is 18.3 Å². The highest BCUT2D eigenvalue weighted by Crippen LogP contribution is 2.44. The molecule has 0 bridgehead atoms. The summed E-state index contributed by atoms with van der Waals surface area (Å²) in [4.78, 5) is 0. The lowest BCUT2D eigenvalue weighted by atomic mass is 9.67. The normalized spacial score (nSPS) is 38.0. The summed E-state index contributed by atoms with van der Waals surface area (Å²) in [5.41, 5.74) is 0. The van der Waals surface area contributed by atoms with E-state index in [1.165, 1.54) is 51.4 Å². The molecule has 4 heteroatoms. The monoisotopic (exact) mass is 382 g/mol. The number of ether oxygens (including phenoxy) is 2. The standard InChI is InChI=1S/C23H36F2O2/c1-2-4-23-26-15-21(16-27-23)20-13-11-19(12-14-20)18-9-7-17(8-10-18)5-3-6-22(24)25/h2,4,6,17-21,23H,3,5,7-16H2,1H3. The second-order valence-electron chi connectivity index (χ2n) is 8.85. The van der Waals surface area contributed by atoms with Gasteiger partial charge in [0.2, 0.25) is 0 Å². The fourth-order valence-electron chi connectivity index (χ4n) is 5.54. The van der Waals surface area contributed by atoms with Crippen LogP contribution in [0.3, 0.4) is 0 Å². The Balaban J connectivity index is 1.34. The number of hydrogen-bond donors (Lipinski definition) is 0. The van der Waals surface area contributed by atoms with E-state index in [0.717, 1.165) is 43.5 Å². The molecule has 0 aromatic rings. The lowest BCUT2D eigenvalue weighted by molar-refractivity contribution is -0.186. The van der Waals surface area contributed by atoms with Crippen molar-refractivity contribution in [1.82, 2.24) is 0 Å². The number of rotatable bonds is 6. The largest absolute Gasteiger partial charge is 0.349 e. The molecule has 0 unspecified atom stereocenters. The zero-order chi connectivity index (χ0) is 19.1. The predicted octanol–water partition coefficient (Wildman–Crippen LogP) is 6.73. The van der Waals surface area contributed by atoms with Crippen LogP contribution in [0.1, 0.15) is 71.1 Å². The van der Waals surface area contributed by atoms with Gasteiger partial charge in [-0.05, 0) is 94.1 Å². The first-order valence-electron chi connectivity index (χ1n) is 11.0. The highest BCUT2D eigenvalue weighted by Gasteiger charge is 2.34. The molecule has 2 saturated carbocycles. The number of halogens is 2. The molecule has 27 heavy (non-hydrogen) atoms. The molecule has 0 aromatic carbocycles. The molecule has 2 aliphatic carbocycles. The topological polar surface area (TPSA) is 18.5 Å². The third kappa shape index (κ3) is 6.39. The molecule has 2 nitrogen and oxygen atoms in total. The Morgan fingerprint density at radius 2 is 1.33 bits per heavy atom. The predicted molar refractivity (Wildman–Crippen MR) is 104 cm³/mol. The maximum atomic E-state index is 12.2.